The summed E-state index contributed by atoms with van der Waals surface area (Å²) >= 11 is 0. The van der Waals surface area contributed by atoms with Gasteiger partial charge < -0.3 is 14.1 Å². The number of likely N-dealkylation sites (tertiary alicyclic amines) is 1. The lowest BCUT2D eigenvalue weighted by atomic mass is 9.97. The van der Waals surface area contributed by atoms with Crippen molar-refractivity contribution in [3.63, 3.8) is 0 Å². The van der Waals surface area contributed by atoms with E-state index in [1.807, 2.05) is 36.9 Å². The van der Waals surface area contributed by atoms with Crippen molar-refractivity contribution in [2.75, 3.05) is 26.0 Å². The fourth-order valence-electron chi connectivity index (χ4n) is 4.04. The Hall–Kier alpha value is -3.13. The van der Waals surface area contributed by atoms with Gasteiger partial charge in [0.25, 0.3) is 5.91 Å². The lowest BCUT2D eigenvalue weighted by molar-refractivity contribution is 0.0659. The van der Waals surface area contributed by atoms with Gasteiger partial charge in [-0.25, -0.2) is 8.42 Å². The maximum atomic E-state index is 12.7. The predicted octanol–water partition coefficient (Wildman–Crippen LogP) is 4.29. The number of sulfone groups is 1. The van der Waals surface area contributed by atoms with Crippen LogP contribution in [0.4, 0.5) is 0 Å². The number of nitrogens with zero attached hydrogens (tertiary/aromatic N) is 2. The van der Waals surface area contributed by atoms with Crippen LogP contribution in [0.1, 0.15) is 34.7 Å². The lowest BCUT2D eigenvalue weighted by Gasteiger charge is -2.31. The fraction of sp³-hybridized carbons (Fsp3) is 0.360. The van der Waals surface area contributed by atoms with Gasteiger partial charge in [0.1, 0.15) is 17.3 Å². The first-order valence-electron chi connectivity index (χ1n) is 11.0. The predicted molar refractivity (Wildman–Crippen MR) is 125 cm³/mol. The van der Waals surface area contributed by atoms with Crippen molar-refractivity contribution >= 4 is 15.7 Å². The molecule has 7 nitrogen and oxygen atoms in total. The second-order valence-electron chi connectivity index (χ2n) is 8.55. The summed E-state index contributed by atoms with van der Waals surface area (Å²) in [5, 5.41) is 0. The van der Waals surface area contributed by atoms with Gasteiger partial charge in [0, 0.05) is 24.9 Å². The minimum absolute atomic E-state index is 0.0353. The van der Waals surface area contributed by atoms with Gasteiger partial charge in [0.15, 0.2) is 9.84 Å². The van der Waals surface area contributed by atoms with Gasteiger partial charge in [-0.1, -0.05) is 12.1 Å². The van der Waals surface area contributed by atoms with Crippen LogP contribution in [0, 0.1) is 19.8 Å². The van der Waals surface area contributed by atoms with Crippen LogP contribution in [0.2, 0.25) is 0 Å². The first-order chi connectivity index (χ1) is 15.7. The van der Waals surface area contributed by atoms with Crippen molar-refractivity contribution < 1.29 is 22.4 Å². The Morgan fingerprint density at radius 2 is 1.82 bits per heavy atom. The molecule has 0 atom stereocenters. The van der Waals surface area contributed by atoms with Crippen molar-refractivity contribution in [2.45, 2.75) is 31.6 Å². The van der Waals surface area contributed by atoms with E-state index in [0.717, 1.165) is 29.9 Å². The molecule has 1 aliphatic heterocycles. The number of furan rings is 1. The van der Waals surface area contributed by atoms with E-state index in [-0.39, 0.29) is 10.8 Å². The van der Waals surface area contributed by atoms with Crippen LogP contribution < -0.4 is 4.74 Å². The molecule has 4 rings (SSSR count). The first kappa shape index (κ1) is 23.0. The lowest BCUT2D eigenvalue weighted by Crippen LogP contribution is -2.39. The molecule has 0 radical (unpaired) electrons. The Balaban J connectivity index is 1.28. The van der Waals surface area contributed by atoms with Crippen LogP contribution in [-0.2, 0) is 9.84 Å². The molecule has 174 valence electrons. The van der Waals surface area contributed by atoms with Crippen molar-refractivity contribution in [3.05, 3.63) is 65.7 Å². The highest BCUT2D eigenvalue weighted by Gasteiger charge is 2.26. The number of carbonyl (C=O) groups is 1. The summed E-state index contributed by atoms with van der Waals surface area (Å²) < 4.78 is 34.6. The first-order valence-corrected chi connectivity index (χ1v) is 12.9. The smallest absolute Gasteiger partial charge is 0.257 e. The second kappa shape index (κ2) is 9.39. The number of piperidine rings is 1. The average molecular weight is 469 g/mol. The van der Waals surface area contributed by atoms with Crippen molar-refractivity contribution in [2.24, 2.45) is 5.92 Å². The minimum Gasteiger partial charge on any atom is -0.492 e. The van der Waals surface area contributed by atoms with Gasteiger partial charge in [-0.15, -0.1) is 0 Å². The number of hydrogen-bond donors (Lipinski definition) is 0. The minimum atomic E-state index is -3.22. The second-order valence-corrected chi connectivity index (χ2v) is 10.6. The van der Waals surface area contributed by atoms with Crippen molar-refractivity contribution in [1.29, 1.82) is 0 Å². The van der Waals surface area contributed by atoms with E-state index >= 15 is 0 Å². The Labute approximate surface area is 194 Å². The Morgan fingerprint density at radius 1 is 1.12 bits per heavy atom. The van der Waals surface area contributed by atoms with E-state index in [0.29, 0.717) is 42.7 Å². The van der Waals surface area contributed by atoms with Crippen LogP contribution in [-0.4, -0.2) is 50.2 Å². The number of pyridine rings is 1. The third kappa shape index (κ3) is 5.45. The highest BCUT2D eigenvalue weighted by Crippen LogP contribution is 2.24. The van der Waals surface area contributed by atoms with Crippen LogP contribution >= 0.6 is 0 Å². The van der Waals surface area contributed by atoms with Crippen LogP contribution in [0.15, 0.2) is 58.0 Å². The summed E-state index contributed by atoms with van der Waals surface area (Å²) in [5.74, 6) is 2.53. The fourth-order valence-corrected chi connectivity index (χ4v) is 4.67. The van der Waals surface area contributed by atoms with Gasteiger partial charge in [-0.2, -0.15) is 0 Å². The Bertz CT molecular complexity index is 1220. The van der Waals surface area contributed by atoms with E-state index in [9.17, 15) is 13.2 Å². The molecule has 0 saturated carbocycles. The molecule has 0 N–H and O–H groups in total. The largest absolute Gasteiger partial charge is 0.492 e. The zero-order valence-corrected chi connectivity index (χ0v) is 19.9. The molecular weight excluding hydrogens is 440 g/mol. The van der Waals surface area contributed by atoms with E-state index < -0.39 is 9.84 Å². The number of carbonyl (C=O) groups excluding carboxylic acids is 1. The number of hydrogen-bond acceptors (Lipinski definition) is 6. The number of aryl methyl sites for hydroxylation is 2. The molecule has 8 heteroatoms. The SMILES string of the molecule is Cc1cc(C(=O)N2CCC(COc3ccc(-c4ccc(S(C)(=O)=O)cc4)nc3)CC2)c(C)o1. The van der Waals surface area contributed by atoms with Crippen LogP contribution in [0.25, 0.3) is 11.3 Å². The van der Waals surface area contributed by atoms with E-state index in [1.165, 1.54) is 6.26 Å². The highest BCUT2D eigenvalue weighted by atomic mass is 32.2. The quantitative estimate of drug-likeness (QED) is 0.536. The molecule has 3 heterocycles. The molecule has 0 unspecified atom stereocenters. The van der Waals surface area contributed by atoms with Crippen LogP contribution in [0.5, 0.6) is 5.75 Å². The summed E-state index contributed by atoms with van der Waals surface area (Å²) in [7, 11) is -3.22. The Kier molecular flexibility index (Phi) is 6.56. The molecule has 33 heavy (non-hydrogen) atoms. The van der Waals surface area contributed by atoms with E-state index in [4.69, 9.17) is 9.15 Å². The monoisotopic (exact) mass is 468 g/mol. The summed E-state index contributed by atoms with van der Waals surface area (Å²) in [6.45, 7) is 5.67. The molecule has 1 amide bonds. The summed E-state index contributed by atoms with van der Waals surface area (Å²) in [4.78, 5) is 19.4. The summed E-state index contributed by atoms with van der Waals surface area (Å²) in [6, 6.07) is 12.2. The molecule has 1 saturated heterocycles. The molecule has 0 spiro atoms. The topological polar surface area (TPSA) is 89.7 Å². The number of aromatic nitrogens is 1. The van der Waals surface area contributed by atoms with Gasteiger partial charge in [-0.3, -0.25) is 9.78 Å². The molecule has 0 bridgehead atoms. The zero-order valence-electron chi connectivity index (χ0n) is 19.1. The van der Waals surface area contributed by atoms with Crippen molar-refractivity contribution in [3.8, 4) is 17.0 Å². The van der Waals surface area contributed by atoms with Crippen LogP contribution in [0.3, 0.4) is 0 Å². The highest BCUT2D eigenvalue weighted by molar-refractivity contribution is 7.90. The summed E-state index contributed by atoms with van der Waals surface area (Å²) in [5.41, 5.74) is 2.24. The molecule has 2 aromatic heterocycles. The van der Waals surface area contributed by atoms with Crippen molar-refractivity contribution in [1.82, 2.24) is 9.88 Å². The number of rotatable bonds is 6. The standard InChI is InChI=1S/C25H28N2O5S/c1-17-14-23(18(2)32-17)25(28)27-12-10-19(11-13-27)16-31-21-6-9-24(26-15-21)20-4-7-22(8-5-20)33(3,29)30/h4-9,14-15,19H,10-13,16H2,1-3H3. The van der Waals surface area contributed by atoms with Gasteiger partial charge in [0.05, 0.1) is 29.0 Å². The maximum absolute atomic E-state index is 12.7. The number of amides is 1. The van der Waals surface area contributed by atoms with E-state index in [2.05, 4.69) is 4.98 Å². The molecular formula is C25H28N2O5S. The van der Waals surface area contributed by atoms with Gasteiger partial charge in [-0.05, 0) is 62.9 Å². The molecule has 3 aromatic rings. The third-order valence-electron chi connectivity index (χ3n) is 5.97. The van der Waals surface area contributed by atoms with Gasteiger partial charge in [0.2, 0.25) is 0 Å². The molecule has 1 aromatic carbocycles. The molecule has 1 fully saturated rings. The summed E-state index contributed by atoms with van der Waals surface area (Å²) in [6.07, 6.45) is 4.65. The molecule has 0 aliphatic carbocycles. The van der Waals surface area contributed by atoms with Gasteiger partial charge >= 0.3 is 0 Å². The Morgan fingerprint density at radius 3 is 2.36 bits per heavy atom. The number of benzene rings is 1. The normalized spacial score (nSPS) is 14.9. The third-order valence-corrected chi connectivity index (χ3v) is 7.10. The number of ether oxygens (including phenoxy) is 1. The molecule has 1 aliphatic rings. The van der Waals surface area contributed by atoms with E-state index in [1.54, 1.807) is 30.5 Å². The zero-order chi connectivity index (χ0) is 23.6. The maximum Gasteiger partial charge on any atom is 0.257 e. The average Bonchev–Trinajstić information content (AvgIpc) is 3.15.